The topological polar surface area (TPSA) is 61.4 Å². The van der Waals surface area contributed by atoms with E-state index < -0.39 is 0 Å². The number of carbonyl (C=O) groups excluding carboxylic acids is 2. The number of hydrogen-bond acceptors (Lipinski definition) is 3. The van der Waals surface area contributed by atoms with Gasteiger partial charge in [-0.15, -0.1) is 0 Å². The van der Waals surface area contributed by atoms with E-state index in [0.717, 1.165) is 13.0 Å². The van der Waals surface area contributed by atoms with Crippen molar-refractivity contribution < 1.29 is 9.59 Å². The molecular weight excluding hydrogens is 206 g/mol. The van der Waals surface area contributed by atoms with Crippen molar-refractivity contribution in [2.45, 2.75) is 32.2 Å². The molecule has 0 aromatic rings. The fourth-order valence-electron chi connectivity index (χ4n) is 1.86. The predicted octanol–water partition coefficient (Wildman–Crippen LogP) is -0.277. The van der Waals surface area contributed by atoms with Gasteiger partial charge in [0.2, 0.25) is 11.8 Å². The van der Waals surface area contributed by atoms with Gasteiger partial charge in [-0.1, -0.05) is 0 Å². The molecule has 0 aliphatic carbocycles. The van der Waals surface area contributed by atoms with Gasteiger partial charge in [-0.05, 0) is 20.4 Å². The Balaban J connectivity index is 2.21. The van der Waals surface area contributed by atoms with Crippen molar-refractivity contribution >= 4 is 11.8 Å². The summed E-state index contributed by atoms with van der Waals surface area (Å²) in [5, 5.41) is 5.82. The van der Waals surface area contributed by atoms with E-state index in [9.17, 15) is 9.59 Å². The van der Waals surface area contributed by atoms with Crippen LogP contribution in [0.3, 0.4) is 0 Å². The molecule has 0 bridgehead atoms. The van der Waals surface area contributed by atoms with Gasteiger partial charge in [-0.2, -0.15) is 0 Å². The Morgan fingerprint density at radius 3 is 2.88 bits per heavy atom. The minimum Gasteiger partial charge on any atom is -0.352 e. The van der Waals surface area contributed by atoms with Crippen LogP contribution in [0.25, 0.3) is 0 Å². The lowest BCUT2D eigenvalue weighted by Crippen LogP contribution is -2.42. The highest BCUT2D eigenvalue weighted by molar-refractivity contribution is 5.78. The second-order valence-electron chi connectivity index (χ2n) is 4.27. The van der Waals surface area contributed by atoms with Gasteiger partial charge >= 0.3 is 0 Å². The zero-order chi connectivity index (χ0) is 12.0. The molecular formula is C11H21N3O2. The Morgan fingerprint density at radius 2 is 2.31 bits per heavy atom. The first-order valence-electron chi connectivity index (χ1n) is 5.85. The average Bonchev–Trinajstić information content (AvgIpc) is 2.61. The monoisotopic (exact) mass is 227 g/mol. The fraction of sp³-hybridized carbons (Fsp3) is 0.818. The Labute approximate surface area is 96.6 Å². The summed E-state index contributed by atoms with van der Waals surface area (Å²) in [7, 11) is 1.82. The molecule has 5 heteroatoms. The SMILES string of the molecule is CNCCC(=O)NC(C)CN1CCCC1=O. The first-order valence-corrected chi connectivity index (χ1v) is 5.85. The summed E-state index contributed by atoms with van der Waals surface area (Å²) in [6, 6.07) is 0.0337. The molecule has 1 unspecified atom stereocenters. The third-order valence-corrected chi connectivity index (χ3v) is 2.68. The van der Waals surface area contributed by atoms with E-state index in [0.29, 0.717) is 25.9 Å². The van der Waals surface area contributed by atoms with E-state index in [2.05, 4.69) is 10.6 Å². The van der Waals surface area contributed by atoms with Crippen LogP contribution >= 0.6 is 0 Å². The number of likely N-dealkylation sites (tertiary alicyclic amines) is 1. The summed E-state index contributed by atoms with van der Waals surface area (Å²) in [4.78, 5) is 24.6. The lowest BCUT2D eigenvalue weighted by molar-refractivity contribution is -0.129. The highest BCUT2D eigenvalue weighted by atomic mass is 16.2. The second kappa shape index (κ2) is 6.48. The summed E-state index contributed by atoms with van der Waals surface area (Å²) in [6.07, 6.45) is 2.08. The maximum Gasteiger partial charge on any atom is 0.222 e. The molecule has 92 valence electrons. The molecule has 2 N–H and O–H groups in total. The highest BCUT2D eigenvalue weighted by Crippen LogP contribution is 2.09. The Hall–Kier alpha value is -1.10. The second-order valence-corrected chi connectivity index (χ2v) is 4.27. The summed E-state index contributed by atoms with van der Waals surface area (Å²) in [6.45, 7) is 4.07. The average molecular weight is 227 g/mol. The molecule has 1 aliphatic heterocycles. The number of hydrogen-bond donors (Lipinski definition) is 2. The summed E-state index contributed by atoms with van der Waals surface area (Å²) < 4.78 is 0. The largest absolute Gasteiger partial charge is 0.352 e. The molecule has 0 aromatic heterocycles. The first kappa shape index (κ1) is 13.0. The zero-order valence-electron chi connectivity index (χ0n) is 10.1. The molecule has 1 atom stereocenters. The van der Waals surface area contributed by atoms with Gasteiger partial charge in [-0.3, -0.25) is 9.59 Å². The van der Waals surface area contributed by atoms with Crippen LogP contribution in [0.4, 0.5) is 0 Å². The van der Waals surface area contributed by atoms with E-state index in [4.69, 9.17) is 0 Å². The standard InChI is InChI=1S/C11H21N3O2/c1-9(13-10(15)5-6-12-2)8-14-7-3-4-11(14)16/h9,12H,3-8H2,1-2H3,(H,13,15). The molecule has 1 saturated heterocycles. The van der Waals surface area contributed by atoms with E-state index in [1.54, 1.807) is 0 Å². The van der Waals surface area contributed by atoms with Gasteiger partial charge in [0.1, 0.15) is 0 Å². The van der Waals surface area contributed by atoms with Crippen molar-refractivity contribution in [2.24, 2.45) is 0 Å². The number of nitrogens with one attached hydrogen (secondary N) is 2. The minimum absolute atomic E-state index is 0.0337. The van der Waals surface area contributed by atoms with Crippen molar-refractivity contribution in [3.8, 4) is 0 Å². The molecule has 2 amide bonds. The van der Waals surface area contributed by atoms with E-state index in [-0.39, 0.29) is 17.9 Å². The van der Waals surface area contributed by atoms with Gasteiger partial charge in [0.15, 0.2) is 0 Å². The van der Waals surface area contributed by atoms with E-state index in [1.165, 1.54) is 0 Å². The van der Waals surface area contributed by atoms with Gasteiger partial charge in [0, 0.05) is 38.5 Å². The molecule has 1 heterocycles. The Bertz CT molecular complexity index is 256. The minimum atomic E-state index is 0.0337. The molecule has 1 fully saturated rings. The van der Waals surface area contributed by atoms with Crippen molar-refractivity contribution in [2.75, 3.05) is 26.7 Å². The Kier molecular flexibility index (Phi) is 5.25. The lowest BCUT2D eigenvalue weighted by Gasteiger charge is -2.21. The van der Waals surface area contributed by atoms with Crippen LogP contribution in [-0.2, 0) is 9.59 Å². The quantitative estimate of drug-likeness (QED) is 0.656. The fourth-order valence-corrected chi connectivity index (χ4v) is 1.86. The summed E-state index contributed by atoms with van der Waals surface area (Å²) in [5.74, 6) is 0.241. The van der Waals surface area contributed by atoms with Crippen LogP contribution in [-0.4, -0.2) is 49.4 Å². The van der Waals surface area contributed by atoms with Crippen molar-refractivity contribution in [3.05, 3.63) is 0 Å². The number of amides is 2. The maximum atomic E-state index is 11.4. The highest BCUT2D eigenvalue weighted by Gasteiger charge is 2.22. The summed E-state index contributed by atoms with van der Waals surface area (Å²) >= 11 is 0. The van der Waals surface area contributed by atoms with Gasteiger partial charge in [0.05, 0.1) is 0 Å². The van der Waals surface area contributed by atoms with Crippen LogP contribution in [0.2, 0.25) is 0 Å². The van der Waals surface area contributed by atoms with Crippen molar-refractivity contribution in [3.63, 3.8) is 0 Å². The number of rotatable bonds is 6. The van der Waals surface area contributed by atoms with Crippen LogP contribution in [0, 0.1) is 0 Å². The molecule has 16 heavy (non-hydrogen) atoms. The van der Waals surface area contributed by atoms with Gasteiger partial charge in [0.25, 0.3) is 0 Å². The lowest BCUT2D eigenvalue weighted by atomic mass is 10.3. The molecule has 1 aliphatic rings. The third-order valence-electron chi connectivity index (χ3n) is 2.68. The maximum absolute atomic E-state index is 11.4. The normalized spacial score (nSPS) is 17.6. The Morgan fingerprint density at radius 1 is 1.56 bits per heavy atom. The molecule has 1 rings (SSSR count). The first-order chi connectivity index (χ1) is 7.63. The van der Waals surface area contributed by atoms with Gasteiger partial charge in [-0.25, -0.2) is 0 Å². The van der Waals surface area contributed by atoms with Crippen molar-refractivity contribution in [1.29, 1.82) is 0 Å². The molecule has 0 saturated carbocycles. The molecule has 0 spiro atoms. The number of nitrogens with zero attached hydrogens (tertiary/aromatic N) is 1. The predicted molar refractivity (Wildman–Crippen MR) is 62.0 cm³/mol. The smallest absolute Gasteiger partial charge is 0.222 e. The molecule has 0 aromatic carbocycles. The van der Waals surface area contributed by atoms with Crippen LogP contribution in [0.1, 0.15) is 26.2 Å². The molecule has 5 nitrogen and oxygen atoms in total. The van der Waals surface area contributed by atoms with Crippen LogP contribution < -0.4 is 10.6 Å². The van der Waals surface area contributed by atoms with Crippen LogP contribution in [0.15, 0.2) is 0 Å². The summed E-state index contributed by atoms with van der Waals surface area (Å²) in [5.41, 5.74) is 0. The third kappa shape index (κ3) is 4.18. The molecule has 0 radical (unpaired) electrons. The van der Waals surface area contributed by atoms with E-state index in [1.807, 2.05) is 18.9 Å². The van der Waals surface area contributed by atoms with E-state index >= 15 is 0 Å². The van der Waals surface area contributed by atoms with Crippen LogP contribution in [0.5, 0.6) is 0 Å². The van der Waals surface area contributed by atoms with Gasteiger partial charge < -0.3 is 15.5 Å². The van der Waals surface area contributed by atoms with Crippen molar-refractivity contribution in [1.82, 2.24) is 15.5 Å². The zero-order valence-corrected chi connectivity index (χ0v) is 10.1. The number of carbonyl (C=O) groups is 2.